The van der Waals surface area contributed by atoms with E-state index in [1.165, 1.54) is 12.4 Å². The first kappa shape index (κ1) is 11.9. The van der Waals surface area contributed by atoms with Gasteiger partial charge in [-0.2, -0.15) is 0 Å². The SMILES string of the molecule is Cc1nccc(CNc2cncc(C(=O)O)n2)n1. The lowest BCUT2D eigenvalue weighted by Crippen LogP contribution is -2.08. The maximum Gasteiger partial charge on any atom is 0.356 e. The van der Waals surface area contributed by atoms with Crippen molar-refractivity contribution in [2.75, 3.05) is 5.32 Å². The van der Waals surface area contributed by atoms with Crippen molar-refractivity contribution in [1.82, 2.24) is 19.9 Å². The maximum absolute atomic E-state index is 10.7. The van der Waals surface area contributed by atoms with Crippen molar-refractivity contribution in [2.45, 2.75) is 13.5 Å². The van der Waals surface area contributed by atoms with E-state index in [2.05, 4.69) is 25.3 Å². The highest BCUT2D eigenvalue weighted by Crippen LogP contribution is 2.04. The molecule has 7 nitrogen and oxygen atoms in total. The quantitative estimate of drug-likeness (QED) is 0.824. The molecule has 0 fully saturated rings. The molecule has 0 saturated carbocycles. The Morgan fingerprint density at radius 2 is 2.22 bits per heavy atom. The van der Waals surface area contributed by atoms with Gasteiger partial charge in [-0.05, 0) is 13.0 Å². The second-order valence-electron chi connectivity index (χ2n) is 3.54. The van der Waals surface area contributed by atoms with Crippen LogP contribution in [0.4, 0.5) is 5.82 Å². The van der Waals surface area contributed by atoms with Crippen molar-refractivity contribution in [3.63, 3.8) is 0 Å². The molecule has 0 bridgehead atoms. The molecule has 0 aliphatic carbocycles. The average molecular weight is 245 g/mol. The van der Waals surface area contributed by atoms with E-state index in [4.69, 9.17) is 5.11 Å². The zero-order valence-corrected chi connectivity index (χ0v) is 9.66. The summed E-state index contributed by atoms with van der Waals surface area (Å²) in [6.45, 7) is 2.23. The van der Waals surface area contributed by atoms with Gasteiger partial charge in [-0.1, -0.05) is 0 Å². The fraction of sp³-hybridized carbons (Fsp3) is 0.182. The van der Waals surface area contributed by atoms with Gasteiger partial charge in [0.15, 0.2) is 5.69 Å². The lowest BCUT2D eigenvalue weighted by atomic mass is 10.4. The number of aryl methyl sites for hydroxylation is 1. The van der Waals surface area contributed by atoms with Crippen LogP contribution < -0.4 is 5.32 Å². The van der Waals surface area contributed by atoms with Gasteiger partial charge >= 0.3 is 5.97 Å². The van der Waals surface area contributed by atoms with E-state index in [1.807, 2.05) is 0 Å². The predicted molar refractivity (Wildman–Crippen MR) is 63.1 cm³/mol. The molecule has 2 aromatic heterocycles. The summed E-state index contributed by atoms with van der Waals surface area (Å²) >= 11 is 0. The van der Waals surface area contributed by atoms with Gasteiger partial charge in [0.05, 0.1) is 24.6 Å². The second-order valence-corrected chi connectivity index (χ2v) is 3.54. The number of nitrogens with zero attached hydrogens (tertiary/aromatic N) is 4. The minimum absolute atomic E-state index is 0.0983. The van der Waals surface area contributed by atoms with E-state index in [1.54, 1.807) is 19.2 Å². The van der Waals surface area contributed by atoms with Gasteiger partial charge in [0.25, 0.3) is 0 Å². The minimum atomic E-state index is -1.11. The van der Waals surface area contributed by atoms with Crippen molar-refractivity contribution >= 4 is 11.8 Å². The first-order valence-corrected chi connectivity index (χ1v) is 5.23. The van der Waals surface area contributed by atoms with Crippen LogP contribution in [0.5, 0.6) is 0 Å². The molecule has 2 aromatic rings. The molecule has 0 aliphatic heterocycles. The summed E-state index contributed by atoms with van der Waals surface area (Å²) in [5.41, 5.74) is 0.698. The van der Waals surface area contributed by atoms with Gasteiger partial charge in [0.1, 0.15) is 11.6 Å². The number of carboxylic acid groups (broad SMARTS) is 1. The van der Waals surface area contributed by atoms with Crippen LogP contribution in [0.15, 0.2) is 24.7 Å². The van der Waals surface area contributed by atoms with Crippen LogP contribution in [0.2, 0.25) is 0 Å². The highest BCUT2D eigenvalue weighted by molar-refractivity contribution is 5.85. The Labute approximate surface area is 103 Å². The molecule has 0 aromatic carbocycles. The van der Waals surface area contributed by atoms with Crippen LogP contribution in [0, 0.1) is 6.92 Å². The number of nitrogens with one attached hydrogen (secondary N) is 1. The van der Waals surface area contributed by atoms with E-state index < -0.39 is 5.97 Å². The Bertz CT molecular complexity index is 573. The molecule has 0 atom stereocenters. The normalized spacial score (nSPS) is 10.1. The molecule has 2 heterocycles. The Morgan fingerprint density at radius 3 is 2.94 bits per heavy atom. The molecule has 92 valence electrons. The summed E-state index contributed by atoms with van der Waals surface area (Å²) < 4.78 is 0. The number of aromatic carboxylic acids is 1. The molecule has 0 spiro atoms. The Morgan fingerprint density at radius 1 is 1.39 bits per heavy atom. The van der Waals surface area contributed by atoms with Gasteiger partial charge in [0.2, 0.25) is 0 Å². The fourth-order valence-corrected chi connectivity index (χ4v) is 1.34. The standard InChI is InChI=1S/C11H11N5O2/c1-7-13-3-2-8(15-7)4-14-10-6-12-5-9(16-10)11(17)18/h2-3,5-6H,4H2,1H3,(H,14,16)(H,17,18). The molecule has 0 saturated heterocycles. The van der Waals surface area contributed by atoms with Crippen molar-refractivity contribution < 1.29 is 9.90 Å². The summed E-state index contributed by atoms with van der Waals surface area (Å²) in [6.07, 6.45) is 4.32. The number of rotatable bonds is 4. The van der Waals surface area contributed by atoms with Crippen molar-refractivity contribution in [3.05, 3.63) is 41.9 Å². The fourth-order valence-electron chi connectivity index (χ4n) is 1.34. The molecule has 0 amide bonds. The molecule has 2 N–H and O–H groups in total. The largest absolute Gasteiger partial charge is 0.476 e. The summed E-state index contributed by atoms with van der Waals surface area (Å²) in [5.74, 6) is -0.0325. The van der Waals surface area contributed by atoms with Gasteiger partial charge in [-0.15, -0.1) is 0 Å². The first-order valence-electron chi connectivity index (χ1n) is 5.23. The number of hydrogen-bond donors (Lipinski definition) is 2. The van der Waals surface area contributed by atoms with Gasteiger partial charge in [-0.25, -0.2) is 19.7 Å². The third kappa shape index (κ3) is 2.97. The van der Waals surface area contributed by atoms with Crippen LogP contribution in [-0.4, -0.2) is 31.0 Å². The summed E-state index contributed by atoms with van der Waals surface area (Å²) in [6, 6.07) is 1.77. The first-order chi connectivity index (χ1) is 8.65. The van der Waals surface area contributed by atoms with Crippen LogP contribution in [0.25, 0.3) is 0 Å². The molecule has 0 aliphatic rings. The minimum Gasteiger partial charge on any atom is -0.476 e. The third-order valence-electron chi connectivity index (χ3n) is 2.14. The lowest BCUT2D eigenvalue weighted by molar-refractivity contribution is 0.0690. The summed E-state index contributed by atoms with van der Waals surface area (Å²) in [4.78, 5) is 26.6. The molecule has 2 rings (SSSR count). The van der Waals surface area contributed by atoms with Gasteiger partial charge in [-0.3, -0.25) is 4.98 Å². The van der Waals surface area contributed by atoms with Gasteiger partial charge in [0, 0.05) is 6.20 Å². The molecular formula is C11H11N5O2. The Balaban J connectivity index is 2.06. The predicted octanol–water partition coefficient (Wildman–Crippen LogP) is 0.885. The highest BCUT2D eigenvalue weighted by Gasteiger charge is 2.06. The number of anilines is 1. The number of hydrogen-bond acceptors (Lipinski definition) is 6. The van der Waals surface area contributed by atoms with Crippen LogP contribution >= 0.6 is 0 Å². The zero-order chi connectivity index (χ0) is 13.0. The monoisotopic (exact) mass is 245 g/mol. The lowest BCUT2D eigenvalue weighted by Gasteiger charge is -2.05. The summed E-state index contributed by atoms with van der Waals surface area (Å²) in [7, 11) is 0. The Kier molecular flexibility index (Phi) is 3.42. The molecule has 0 radical (unpaired) electrons. The van der Waals surface area contributed by atoms with Crippen molar-refractivity contribution in [2.24, 2.45) is 0 Å². The molecular weight excluding hydrogens is 234 g/mol. The van der Waals surface area contributed by atoms with E-state index in [0.29, 0.717) is 18.2 Å². The zero-order valence-electron chi connectivity index (χ0n) is 9.66. The van der Waals surface area contributed by atoms with E-state index in [-0.39, 0.29) is 5.69 Å². The van der Waals surface area contributed by atoms with Crippen LogP contribution in [0.1, 0.15) is 22.0 Å². The Hall–Kier alpha value is -2.57. The van der Waals surface area contributed by atoms with Crippen LogP contribution in [0.3, 0.4) is 0 Å². The van der Waals surface area contributed by atoms with Crippen molar-refractivity contribution in [1.29, 1.82) is 0 Å². The second kappa shape index (κ2) is 5.17. The van der Waals surface area contributed by atoms with Gasteiger partial charge < -0.3 is 10.4 Å². The van der Waals surface area contributed by atoms with E-state index in [9.17, 15) is 4.79 Å². The summed E-state index contributed by atoms with van der Waals surface area (Å²) in [5, 5.41) is 11.7. The smallest absolute Gasteiger partial charge is 0.356 e. The highest BCUT2D eigenvalue weighted by atomic mass is 16.4. The topological polar surface area (TPSA) is 101 Å². The van der Waals surface area contributed by atoms with Crippen LogP contribution in [-0.2, 0) is 6.54 Å². The molecule has 0 unspecified atom stereocenters. The average Bonchev–Trinajstić information content (AvgIpc) is 2.37. The van der Waals surface area contributed by atoms with E-state index in [0.717, 1.165) is 5.69 Å². The maximum atomic E-state index is 10.7. The number of carboxylic acids is 1. The molecule has 18 heavy (non-hydrogen) atoms. The number of carbonyl (C=O) groups is 1. The van der Waals surface area contributed by atoms with E-state index >= 15 is 0 Å². The molecule has 7 heteroatoms. The van der Waals surface area contributed by atoms with Crippen molar-refractivity contribution in [3.8, 4) is 0 Å². The third-order valence-corrected chi connectivity index (χ3v) is 2.14. The number of aromatic nitrogens is 4.